The second kappa shape index (κ2) is 6.24. The maximum absolute atomic E-state index is 14.1. The zero-order valence-corrected chi connectivity index (χ0v) is 12.4. The Bertz CT molecular complexity index is 564. The molecule has 0 aliphatic carbocycles. The van der Waals surface area contributed by atoms with E-state index in [9.17, 15) is 22.4 Å². The van der Waals surface area contributed by atoms with Gasteiger partial charge in [0.2, 0.25) is 0 Å². The highest BCUT2D eigenvalue weighted by atomic mass is 19.3. The van der Waals surface area contributed by atoms with Gasteiger partial charge < -0.3 is 10.2 Å². The van der Waals surface area contributed by atoms with Crippen molar-refractivity contribution in [2.24, 2.45) is 5.92 Å². The molecule has 1 aromatic rings. The molecular formula is C15H18F4N2O. The normalized spacial score (nSPS) is 22.8. The number of hydrogen-bond acceptors (Lipinski definition) is 2. The molecule has 0 aromatic heterocycles. The Hall–Kier alpha value is -1.63. The summed E-state index contributed by atoms with van der Waals surface area (Å²) in [5, 5.41) is 2.26. The molecule has 1 aliphatic rings. The standard InChI is InChI=1S/C15H18F4N2O/c1-3-21-7-9(2)12(8-21)20-14(22)15(18,19)10-5-4-6-11(16)13(10)17/h4-6,9,12H,3,7-8H2,1-2H3,(H,20,22). The number of amides is 1. The van der Waals surface area contributed by atoms with E-state index in [1.54, 1.807) is 0 Å². The number of carbonyl (C=O) groups is 1. The lowest BCUT2D eigenvalue weighted by Gasteiger charge is -2.22. The van der Waals surface area contributed by atoms with Crippen LogP contribution in [0.2, 0.25) is 0 Å². The summed E-state index contributed by atoms with van der Waals surface area (Å²) in [7, 11) is 0. The van der Waals surface area contributed by atoms with Crippen LogP contribution in [0.3, 0.4) is 0 Å². The first-order valence-electron chi connectivity index (χ1n) is 7.13. The molecule has 1 aliphatic heterocycles. The monoisotopic (exact) mass is 318 g/mol. The number of benzene rings is 1. The molecule has 0 spiro atoms. The van der Waals surface area contributed by atoms with Crippen LogP contribution < -0.4 is 5.32 Å². The first-order chi connectivity index (χ1) is 10.3. The first kappa shape index (κ1) is 16.7. The van der Waals surface area contributed by atoms with Crippen molar-refractivity contribution >= 4 is 5.91 Å². The number of nitrogens with one attached hydrogen (secondary N) is 1. The van der Waals surface area contributed by atoms with E-state index in [0.29, 0.717) is 19.2 Å². The topological polar surface area (TPSA) is 32.3 Å². The number of alkyl halides is 2. The summed E-state index contributed by atoms with van der Waals surface area (Å²) in [5.41, 5.74) is -1.25. The highest BCUT2D eigenvalue weighted by Gasteiger charge is 2.45. The van der Waals surface area contributed by atoms with Gasteiger partial charge in [0.1, 0.15) is 0 Å². The Labute approximate surface area is 126 Å². The van der Waals surface area contributed by atoms with Gasteiger partial charge in [-0.15, -0.1) is 0 Å². The van der Waals surface area contributed by atoms with Crippen LogP contribution in [0.4, 0.5) is 17.6 Å². The van der Waals surface area contributed by atoms with Crippen molar-refractivity contribution in [3.63, 3.8) is 0 Å². The summed E-state index contributed by atoms with van der Waals surface area (Å²) >= 11 is 0. The van der Waals surface area contributed by atoms with E-state index in [-0.39, 0.29) is 5.92 Å². The number of halogens is 4. The molecule has 7 heteroatoms. The van der Waals surface area contributed by atoms with E-state index in [0.717, 1.165) is 18.7 Å². The van der Waals surface area contributed by atoms with Gasteiger partial charge in [-0.3, -0.25) is 4.79 Å². The number of hydrogen-bond donors (Lipinski definition) is 1. The van der Waals surface area contributed by atoms with Crippen molar-refractivity contribution < 1.29 is 22.4 Å². The van der Waals surface area contributed by atoms with Gasteiger partial charge in [0.25, 0.3) is 5.91 Å². The van der Waals surface area contributed by atoms with E-state index < -0.39 is 35.1 Å². The smallest absolute Gasteiger partial charge is 0.346 e. The molecule has 2 atom stereocenters. The molecule has 0 saturated carbocycles. The van der Waals surface area contributed by atoms with Gasteiger partial charge in [-0.05, 0) is 24.6 Å². The molecule has 3 nitrogen and oxygen atoms in total. The van der Waals surface area contributed by atoms with E-state index in [1.807, 2.05) is 18.7 Å². The van der Waals surface area contributed by atoms with E-state index >= 15 is 0 Å². The second-order valence-electron chi connectivity index (χ2n) is 5.59. The van der Waals surface area contributed by atoms with E-state index in [4.69, 9.17) is 0 Å². The van der Waals surface area contributed by atoms with Crippen LogP contribution in [0.25, 0.3) is 0 Å². The van der Waals surface area contributed by atoms with E-state index in [2.05, 4.69) is 5.32 Å². The highest BCUT2D eigenvalue weighted by Crippen LogP contribution is 2.32. The van der Waals surface area contributed by atoms with Gasteiger partial charge >= 0.3 is 5.92 Å². The Morgan fingerprint density at radius 3 is 2.64 bits per heavy atom. The number of nitrogens with zero attached hydrogens (tertiary/aromatic N) is 1. The summed E-state index contributed by atoms with van der Waals surface area (Å²) < 4.78 is 54.8. The number of likely N-dealkylation sites (tertiary alicyclic amines) is 1. The van der Waals surface area contributed by atoms with Crippen molar-refractivity contribution in [1.29, 1.82) is 0 Å². The molecule has 0 radical (unpaired) electrons. The lowest BCUT2D eigenvalue weighted by atomic mass is 10.0. The Kier molecular flexibility index (Phi) is 4.75. The minimum Gasteiger partial charge on any atom is -0.346 e. The van der Waals surface area contributed by atoms with Crippen LogP contribution in [0.5, 0.6) is 0 Å². The van der Waals surface area contributed by atoms with Crippen molar-refractivity contribution in [1.82, 2.24) is 10.2 Å². The fourth-order valence-corrected chi connectivity index (χ4v) is 2.64. The highest BCUT2D eigenvalue weighted by molar-refractivity contribution is 5.85. The molecule has 0 bridgehead atoms. The molecule has 2 rings (SSSR count). The summed E-state index contributed by atoms with van der Waals surface area (Å²) in [5.74, 6) is -8.82. The first-order valence-corrected chi connectivity index (χ1v) is 7.13. The maximum Gasteiger partial charge on any atom is 0.352 e. The molecular weight excluding hydrogens is 300 g/mol. The third-order valence-electron chi connectivity index (χ3n) is 4.03. The van der Waals surface area contributed by atoms with Gasteiger partial charge in [-0.1, -0.05) is 19.9 Å². The lowest BCUT2D eigenvalue weighted by molar-refractivity contribution is -0.148. The quantitative estimate of drug-likeness (QED) is 0.865. The Morgan fingerprint density at radius 2 is 2.05 bits per heavy atom. The van der Waals surface area contributed by atoms with Crippen molar-refractivity contribution in [3.8, 4) is 0 Å². The summed E-state index contributed by atoms with van der Waals surface area (Å²) in [6, 6.07) is 1.96. The van der Waals surface area contributed by atoms with Crippen LogP contribution in [0.15, 0.2) is 18.2 Å². The van der Waals surface area contributed by atoms with Gasteiger partial charge in [0.05, 0.1) is 5.56 Å². The average Bonchev–Trinajstić information content (AvgIpc) is 2.82. The third-order valence-corrected chi connectivity index (χ3v) is 4.03. The van der Waals surface area contributed by atoms with Crippen LogP contribution in [-0.2, 0) is 10.7 Å². The fraction of sp³-hybridized carbons (Fsp3) is 0.533. The predicted octanol–water partition coefficient (Wildman–Crippen LogP) is 2.51. The van der Waals surface area contributed by atoms with Crippen LogP contribution >= 0.6 is 0 Å². The number of rotatable bonds is 4. The van der Waals surface area contributed by atoms with Crippen molar-refractivity contribution in [3.05, 3.63) is 35.4 Å². The SMILES string of the molecule is CCN1CC(C)C(NC(=O)C(F)(F)c2cccc(F)c2F)C1. The summed E-state index contributed by atoms with van der Waals surface area (Å²) in [6.07, 6.45) is 0. The zero-order chi connectivity index (χ0) is 16.5. The molecule has 1 heterocycles. The van der Waals surface area contributed by atoms with Crippen LogP contribution in [-0.4, -0.2) is 36.5 Å². The third kappa shape index (κ3) is 3.09. The minimum atomic E-state index is -4.12. The minimum absolute atomic E-state index is 0.0112. The molecule has 122 valence electrons. The fourth-order valence-electron chi connectivity index (χ4n) is 2.64. The average molecular weight is 318 g/mol. The van der Waals surface area contributed by atoms with Crippen molar-refractivity contribution in [2.75, 3.05) is 19.6 Å². The number of likely N-dealkylation sites (N-methyl/N-ethyl adjacent to an activating group) is 1. The number of carbonyl (C=O) groups excluding carboxylic acids is 1. The summed E-state index contributed by atoms with van der Waals surface area (Å²) in [6.45, 7) is 5.70. The Balaban J connectivity index is 2.16. The molecule has 1 fully saturated rings. The predicted molar refractivity (Wildman–Crippen MR) is 73.5 cm³/mol. The zero-order valence-electron chi connectivity index (χ0n) is 12.4. The van der Waals surface area contributed by atoms with Gasteiger partial charge in [0.15, 0.2) is 11.6 Å². The molecule has 22 heavy (non-hydrogen) atoms. The van der Waals surface area contributed by atoms with Crippen molar-refractivity contribution in [2.45, 2.75) is 25.8 Å². The maximum atomic E-state index is 14.1. The Morgan fingerprint density at radius 1 is 1.36 bits per heavy atom. The summed E-state index contributed by atoms with van der Waals surface area (Å²) in [4.78, 5) is 13.9. The van der Waals surface area contributed by atoms with Crippen LogP contribution in [0, 0.1) is 17.6 Å². The lowest BCUT2D eigenvalue weighted by Crippen LogP contribution is -2.47. The molecule has 2 unspecified atom stereocenters. The molecule has 1 saturated heterocycles. The van der Waals surface area contributed by atoms with Gasteiger partial charge in [-0.25, -0.2) is 8.78 Å². The molecule has 1 amide bonds. The second-order valence-corrected chi connectivity index (χ2v) is 5.59. The van der Waals surface area contributed by atoms with E-state index in [1.165, 1.54) is 0 Å². The van der Waals surface area contributed by atoms with Gasteiger partial charge in [-0.2, -0.15) is 8.78 Å². The van der Waals surface area contributed by atoms with Crippen LogP contribution in [0.1, 0.15) is 19.4 Å². The molecule has 1 N–H and O–H groups in total. The molecule has 1 aromatic carbocycles. The van der Waals surface area contributed by atoms with Gasteiger partial charge in [0, 0.05) is 19.1 Å². The largest absolute Gasteiger partial charge is 0.352 e.